The first kappa shape index (κ1) is 15.9. The first-order chi connectivity index (χ1) is 10.0. The summed E-state index contributed by atoms with van der Waals surface area (Å²) in [6, 6.07) is 13.9. The molecular weight excluding hydrogens is 398 g/mol. The average Bonchev–Trinajstić information content (AvgIpc) is 2.46. The normalized spacial score (nSPS) is 11.5. The van der Waals surface area contributed by atoms with Gasteiger partial charge in [-0.25, -0.2) is 0 Å². The van der Waals surface area contributed by atoms with E-state index in [2.05, 4.69) is 54.0 Å². The van der Waals surface area contributed by atoms with Crippen LogP contribution in [0.4, 0.5) is 5.69 Å². The zero-order valence-electron chi connectivity index (χ0n) is 11.4. The Morgan fingerprint density at radius 3 is 2.62 bits per heavy atom. The van der Waals surface area contributed by atoms with Crippen LogP contribution in [0, 0.1) is 0 Å². The minimum absolute atomic E-state index is 0.0862. The van der Waals surface area contributed by atoms with E-state index < -0.39 is 0 Å². The summed E-state index contributed by atoms with van der Waals surface area (Å²) in [5.41, 5.74) is 8.53. The minimum Gasteiger partial charge on any atom is -0.409 e. The molecule has 0 unspecified atom stereocenters. The molecule has 0 amide bonds. The number of nitrogens with two attached hydrogens (primary N) is 1. The molecule has 0 atom stereocenters. The van der Waals surface area contributed by atoms with E-state index in [0.717, 1.165) is 21.2 Å². The minimum atomic E-state index is 0.0862. The number of hydrogen-bond donors (Lipinski definition) is 2. The molecule has 0 fully saturated rings. The molecule has 0 bridgehead atoms. The molecule has 0 spiro atoms. The highest BCUT2D eigenvalue weighted by atomic mass is 79.9. The summed E-state index contributed by atoms with van der Waals surface area (Å²) in [6.45, 7) is 0.787. The molecule has 21 heavy (non-hydrogen) atoms. The predicted molar refractivity (Wildman–Crippen MR) is 92.9 cm³/mol. The van der Waals surface area contributed by atoms with E-state index in [4.69, 9.17) is 10.9 Å². The summed E-state index contributed by atoms with van der Waals surface area (Å²) in [5, 5.41) is 11.8. The van der Waals surface area contributed by atoms with Crippen molar-refractivity contribution in [2.45, 2.75) is 6.54 Å². The lowest BCUT2D eigenvalue weighted by atomic mass is 10.1. The summed E-state index contributed by atoms with van der Waals surface area (Å²) in [4.78, 5) is 2.13. The van der Waals surface area contributed by atoms with Crippen molar-refractivity contribution in [1.82, 2.24) is 0 Å². The molecule has 2 aromatic rings. The van der Waals surface area contributed by atoms with E-state index in [9.17, 15) is 0 Å². The number of nitrogens with zero attached hydrogens (tertiary/aromatic N) is 2. The Balaban J connectivity index is 2.20. The van der Waals surface area contributed by atoms with Crippen LogP contribution in [-0.4, -0.2) is 18.1 Å². The van der Waals surface area contributed by atoms with Gasteiger partial charge in [-0.1, -0.05) is 33.2 Å². The molecule has 2 rings (SSSR count). The first-order valence-electron chi connectivity index (χ1n) is 6.24. The number of oxime groups is 1. The maximum Gasteiger partial charge on any atom is 0.171 e. The maximum atomic E-state index is 8.74. The van der Waals surface area contributed by atoms with Gasteiger partial charge in [-0.15, -0.1) is 0 Å². The molecule has 110 valence electrons. The van der Waals surface area contributed by atoms with Crippen molar-refractivity contribution in [3.05, 3.63) is 62.5 Å². The van der Waals surface area contributed by atoms with E-state index in [1.54, 1.807) is 0 Å². The topological polar surface area (TPSA) is 61.8 Å². The summed E-state index contributed by atoms with van der Waals surface area (Å²) in [5.74, 6) is 0.0862. The first-order valence-corrected chi connectivity index (χ1v) is 7.83. The van der Waals surface area contributed by atoms with Gasteiger partial charge in [0.05, 0.1) is 0 Å². The van der Waals surface area contributed by atoms with E-state index in [0.29, 0.717) is 5.56 Å². The van der Waals surface area contributed by atoms with E-state index >= 15 is 0 Å². The summed E-state index contributed by atoms with van der Waals surface area (Å²) >= 11 is 6.92. The van der Waals surface area contributed by atoms with Gasteiger partial charge in [0.25, 0.3) is 0 Å². The maximum absolute atomic E-state index is 8.74. The van der Waals surface area contributed by atoms with Gasteiger partial charge >= 0.3 is 0 Å². The summed E-state index contributed by atoms with van der Waals surface area (Å²) < 4.78 is 1.85. The van der Waals surface area contributed by atoms with Crippen molar-refractivity contribution in [3.63, 3.8) is 0 Å². The zero-order valence-corrected chi connectivity index (χ0v) is 14.6. The molecule has 6 heteroatoms. The van der Waals surface area contributed by atoms with Crippen molar-refractivity contribution in [2.75, 3.05) is 11.9 Å². The van der Waals surface area contributed by atoms with Crippen molar-refractivity contribution in [2.24, 2.45) is 10.9 Å². The lowest BCUT2D eigenvalue weighted by molar-refractivity contribution is 0.318. The second-order valence-electron chi connectivity index (χ2n) is 4.64. The summed E-state index contributed by atoms with van der Waals surface area (Å²) in [6.07, 6.45) is 0. The fourth-order valence-corrected chi connectivity index (χ4v) is 3.02. The SMILES string of the molecule is CN(Cc1cccc(Br)c1)c1ccc(/C(N)=N/O)c(Br)c1. The highest BCUT2D eigenvalue weighted by Gasteiger charge is 2.09. The third-order valence-corrected chi connectivity index (χ3v) is 4.24. The Labute approximate surface area is 140 Å². The molecule has 0 aromatic heterocycles. The van der Waals surface area contributed by atoms with Gasteiger partial charge < -0.3 is 15.8 Å². The standard InChI is InChI=1S/C15H15Br2N3O/c1-20(9-10-3-2-4-11(16)7-10)12-5-6-13(14(17)8-12)15(18)19-21/h2-8,21H,9H2,1H3,(H2,18,19). The largest absolute Gasteiger partial charge is 0.409 e. The zero-order chi connectivity index (χ0) is 15.4. The fraction of sp³-hybridized carbons (Fsp3) is 0.133. The molecule has 0 aliphatic carbocycles. The quantitative estimate of drug-likeness (QED) is 0.346. The molecule has 0 saturated carbocycles. The van der Waals surface area contributed by atoms with Crippen molar-refractivity contribution < 1.29 is 5.21 Å². The van der Waals surface area contributed by atoms with Crippen LogP contribution in [-0.2, 0) is 6.54 Å². The molecule has 0 radical (unpaired) electrons. The lowest BCUT2D eigenvalue weighted by Gasteiger charge is -2.20. The van der Waals surface area contributed by atoms with Crippen LogP contribution in [0.15, 0.2) is 56.6 Å². The lowest BCUT2D eigenvalue weighted by Crippen LogP contribution is -2.18. The molecule has 0 aliphatic heterocycles. The number of halogens is 2. The van der Waals surface area contributed by atoms with Crippen molar-refractivity contribution in [1.29, 1.82) is 0 Å². The molecule has 0 heterocycles. The number of hydrogen-bond acceptors (Lipinski definition) is 3. The number of anilines is 1. The fourth-order valence-electron chi connectivity index (χ4n) is 2.00. The Morgan fingerprint density at radius 2 is 2.00 bits per heavy atom. The monoisotopic (exact) mass is 411 g/mol. The molecule has 2 aromatic carbocycles. The third kappa shape index (κ3) is 3.98. The molecule has 0 saturated heterocycles. The van der Waals surface area contributed by atoms with Crippen molar-refractivity contribution >= 4 is 43.4 Å². The highest BCUT2D eigenvalue weighted by Crippen LogP contribution is 2.25. The van der Waals surface area contributed by atoms with Crippen LogP contribution in [0.25, 0.3) is 0 Å². The highest BCUT2D eigenvalue weighted by molar-refractivity contribution is 9.10. The van der Waals surface area contributed by atoms with Gasteiger partial charge in [-0.3, -0.25) is 0 Å². The summed E-state index contributed by atoms with van der Waals surface area (Å²) in [7, 11) is 2.02. The van der Waals surface area contributed by atoms with Gasteiger partial charge in [-0.2, -0.15) is 0 Å². The van der Waals surface area contributed by atoms with Crippen LogP contribution >= 0.6 is 31.9 Å². The predicted octanol–water partition coefficient (Wildman–Crippen LogP) is 3.94. The molecule has 4 nitrogen and oxygen atoms in total. The van der Waals surface area contributed by atoms with Crippen LogP contribution in [0.3, 0.4) is 0 Å². The second kappa shape index (κ2) is 6.95. The Morgan fingerprint density at radius 1 is 1.24 bits per heavy atom. The van der Waals surface area contributed by atoms with E-state index in [1.165, 1.54) is 5.56 Å². The van der Waals surface area contributed by atoms with Gasteiger partial charge in [0.1, 0.15) is 0 Å². The van der Waals surface area contributed by atoms with Gasteiger partial charge in [0, 0.05) is 33.8 Å². The Kier molecular flexibility index (Phi) is 5.25. The van der Waals surface area contributed by atoms with E-state index in [-0.39, 0.29) is 5.84 Å². The van der Waals surface area contributed by atoms with E-state index in [1.807, 2.05) is 37.4 Å². The number of benzene rings is 2. The number of amidine groups is 1. The second-order valence-corrected chi connectivity index (χ2v) is 6.41. The smallest absolute Gasteiger partial charge is 0.171 e. The Bertz CT molecular complexity index is 674. The third-order valence-electron chi connectivity index (χ3n) is 3.09. The van der Waals surface area contributed by atoms with Crippen LogP contribution in [0.5, 0.6) is 0 Å². The molecule has 0 aliphatic rings. The van der Waals surface area contributed by atoms with Crippen LogP contribution in [0.2, 0.25) is 0 Å². The van der Waals surface area contributed by atoms with Crippen LogP contribution < -0.4 is 10.6 Å². The van der Waals surface area contributed by atoms with Crippen LogP contribution in [0.1, 0.15) is 11.1 Å². The van der Waals surface area contributed by atoms with Crippen molar-refractivity contribution in [3.8, 4) is 0 Å². The number of rotatable bonds is 4. The Hall–Kier alpha value is -1.53. The average molecular weight is 413 g/mol. The van der Waals surface area contributed by atoms with Gasteiger partial charge in [0.2, 0.25) is 0 Å². The van der Waals surface area contributed by atoms with Gasteiger partial charge in [0.15, 0.2) is 5.84 Å². The molecule has 3 N–H and O–H groups in total. The molecular formula is C15H15Br2N3O. The van der Waals surface area contributed by atoms with Gasteiger partial charge in [-0.05, 0) is 51.8 Å².